The molecule has 0 radical (unpaired) electrons. The molecule has 0 aliphatic carbocycles. The molecule has 5 nitrogen and oxygen atoms in total. The minimum absolute atomic E-state index is 0.348. The fourth-order valence-corrected chi connectivity index (χ4v) is 0.896. The predicted octanol–water partition coefficient (Wildman–Crippen LogP) is -0.273. The summed E-state index contributed by atoms with van der Waals surface area (Å²) in [5.74, 6) is -2.38. The Balaban J connectivity index is 4.05. The Bertz CT molecular complexity index is 216. The summed E-state index contributed by atoms with van der Waals surface area (Å²) in [6.07, 6.45) is 0. The van der Waals surface area contributed by atoms with Crippen LogP contribution in [0.25, 0.3) is 0 Å². The molecule has 0 spiro atoms. The number of carbonyl (C=O) groups excluding carboxylic acids is 1. The van der Waals surface area contributed by atoms with Gasteiger partial charge in [0, 0.05) is 20.1 Å². The lowest BCUT2D eigenvalue weighted by atomic mass is 10.1. The van der Waals surface area contributed by atoms with Gasteiger partial charge in [0.25, 0.3) is 0 Å². The number of likely N-dealkylation sites (N-methyl/N-ethyl adjacent to an activating group) is 2. The molecule has 1 N–H and O–H groups in total. The number of hydrogen-bond donors (Lipinski definition) is 1. The topological polar surface area (TPSA) is 60.9 Å². The molecule has 0 aliphatic heterocycles. The van der Waals surface area contributed by atoms with Crippen molar-refractivity contribution in [2.75, 3.05) is 34.2 Å². The van der Waals surface area contributed by atoms with Crippen LogP contribution in [0.2, 0.25) is 0 Å². The first-order chi connectivity index (χ1) is 6.36. The highest BCUT2D eigenvalue weighted by Gasteiger charge is 2.23. The molecule has 5 heteroatoms. The van der Waals surface area contributed by atoms with E-state index in [1.165, 1.54) is 11.8 Å². The first kappa shape index (κ1) is 12.9. The van der Waals surface area contributed by atoms with E-state index < -0.39 is 11.9 Å². The number of carbonyl (C=O) groups is 2. The second-order valence-corrected chi connectivity index (χ2v) is 3.62. The van der Waals surface area contributed by atoms with Crippen molar-refractivity contribution in [3.63, 3.8) is 0 Å². The van der Waals surface area contributed by atoms with E-state index in [1.807, 2.05) is 19.0 Å². The van der Waals surface area contributed by atoms with Crippen LogP contribution in [0.3, 0.4) is 0 Å². The average molecular weight is 202 g/mol. The molecule has 1 atom stereocenters. The van der Waals surface area contributed by atoms with Gasteiger partial charge in [-0.3, -0.25) is 9.59 Å². The molecule has 0 heterocycles. The van der Waals surface area contributed by atoms with Crippen molar-refractivity contribution in [1.29, 1.82) is 0 Å². The second kappa shape index (κ2) is 5.59. The van der Waals surface area contributed by atoms with Crippen LogP contribution in [0.15, 0.2) is 0 Å². The van der Waals surface area contributed by atoms with E-state index >= 15 is 0 Å². The Hall–Kier alpha value is -1.10. The molecule has 1 unspecified atom stereocenters. The molecular weight excluding hydrogens is 184 g/mol. The molecule has 82 valence electrons. The first-order valence-corrected chi connectivity index (χ1v) is 4.48. The lowest BCUT2D eigenvalue weighted by Crippen LogP contribution is -2.39. The number of carboxylic acids is 1. The van der Waals surface area contributed by atoms with Gasteiger partial charge in [0.1, 0.15) is 5.92 Å². The Labute approximate surface area is 84.3 Å². The molecule has 0 aliphatic rings. The van der Waals surface area contributed by atoms with Crippen LogP contribution in [0.1, 0.15) is 6.92 Å². The molecule has 1 amide bonds. The van der Waals surface area contributed by atoms with E-state index in [4.69, 9.17) is 5.11 Å². The van der Waals surface area contributed by atoms with Gasteiger partial charge in [0.15, 0.2) is 0 Å². The summed E-state index contributed by atoms with van der Waals surface area (Å²) in [4.78, 5) is 25.3. The zero-order valence-electron chi connectivity index (χ0n) is 9.15. The Morgan fingerprint density at radius 1 is 1.21 bits per heavy atom. The van der Waals surface area contributed by atoms with Crippen molar-refractivity contribution in [3.8, 4) is 0 Å². The van der Waals surface area contributed by atoms with Crippen LogP contribution in [-0.4, -0.2) is 61.0 Å². The number of rotatable bonds is 5. The van der Waals surface area contributed by atoms with Crippen molar-refractivity contribution in [2.45, 2.75) is 6.92 Å². The van der Waals surface area contributed by atoms with Gasteiger partial charge < -0.3 is 14.9 Å². The minimum Gasteiger partial charge on any atom is -0.481 e. The standard InChI is InChI=1S/C9H18N2O3/c1-7(9(13)14)8(12)11(4)6-5-10(2)3/h7H,5-6H2,1-4H3,(H,13,14). The molecule has 0 saturated heterocycles. The van der Waals surface area contributed by atoms with Crippen LogP contribution in [-0.2, 0) is 9.59 Å². The third-order valence-electron chi connectivity index (χ3n) is 2.00. The van der Waals surface area contributed by atoms with Crippen LogP contribution in [0.5, 0.6) is 0 Å². The van der Waals surface area contributed by atoms with E-state index in [0.29, 0.717) is 6.54 Å². The highest BCUT2D eigenvalue weighted by atomic mass is 16.4. The fraction of sp³-hybridized carbons (Fsp3) is 0.778. The monoisotopic (exact) mass is 202 g/mol. The molecule has 14 heavy (non-hydrogen) atoms. The normalized spacial score (nSPS) is 12.6. The SMILES string of the molecule is CC(C(=O)O)C(=O)N(C)CCN(C)C. The molecule has 0 rings (SSSR count). The van der Waals surface area contributed by atoms with E-state index in [1.54, 1.807) is 7.05 Å². The maximum atomic E-state index is 11.4. The predicted molar refractivity (Wildman–Crippen MR) is 53.0 cm³/mol. The number of amides is 1. The molecule has 0 aromatic heterocycles. The summed E-state index contributed by atoms with van der Waals surface area (Å²) in [5.41, 5.74) is 0. The summed E-state index contributed by atoms with van der Waals surface area (Å²) in [5, 5.41) is 8.62. The largest absolute Gasteiger partial charge is 0.481 e. The Morgan fingerprint density at radius 2 is 1.71 bits per heavy atom. The lowest BCUT2D eigenvalue weighted by molar-refractivity contribution is -0.149. The third kappa shape index (κ3) is 4.23. The van der Waals surface area contributed by atoms with Crippen molar-refractivity contribution < 1.29 is 14.7 Å². The number of aliphatic carboxylic acids is 1. The Morgan fingerprint density at radius 3 is 2.07 bits per heavy atom. The van der Waals surface area contributed by atoms with Crippen molar-refractivity contribution in [2.24, 2.45) is 5.92 Å². The van der Waals surface area contributed by atoms with E-state index in [0.717, 1.165) is 6.54 Å². The summed E-state index contributed by atoms with van der Waals surface area (Å²) in [6, 6.07) is 0. The smallest absolute Gasteiger partial charge is 0.315 e. The van der Waals surface area contributed by atoms with Gasteiger partial charge in [0.05, 0.1) is 0 Å². The van der Waals surface area contributed by atoms with Gasteiger partial charge in [-0.25, -0.2) is 0 Å². The van der Waals surface area contributed by atoms with Crippen LogP contribution in [0, 0.1) is 5.92 Å². The highest BCUT2D eigenvalue weighted by molar-refractivity contribution is 5.96. The summed E-state index contributed by atoms with van der Waals surface area (Å²) in [7, 11) is 5.42. The van der Waals surface area contributed by atoms with Crippen molar-refractivity contribution in [3.05, 3.63) is 0 Å². The van der Waals surface area contributed by atoms with E-state index in [-0.39, 0.29) is 5.91 Å². The Kier molecular flexibility index (Phi) is 5.15. The van der Waals surface area contributed by atoms with E-state index in [9.17, 15) is 9.59 Å². The van der Waals surface area contributed by atoms with Crippen molar-refractivity contribution in [1.82, 2.24) is 9.80 Å². The van der Waals surface area contributed by atoms with Gasteiger partial charge in [0.2, 0.25) is 5.91 Å². The molecule has 0 aromatic rings. The number of carboxylic acid groups (broad SMARTS) is 1. The first-order valence-electron chi connectivity index (χ1n) is 4.48. The maximum Gasteiger partial charge on any atom is 0.315 e. The molecular formula is C9H18N2O3. The minimum atomic E-state index is -1.08. The average Bonchev–Trinajstić information content (AvgIpc) is 2.11. The molecule has 0 saturated carbocycles. The van der Waals surface area contributed by atoms with Gasteiger partial charge in [-0.15, -0.1) is 0 Å². The highest BCUT2D eigenvalue weighted by Crippen LogP contribution is 2.00. The number of nitrogens with zero attached hydrogens (tertiary/aromatic N) is 2. The van der Waals surface area contributed by atoms with E-state index in [2.05, 4.69) is 0 Å². The second-order valence-electron chi connectivity index (χ2n) is 3.62. The van der Waals surface area contributed by atoms with Crippen LogP contribution in [0.4, 0.5) is 0 Å². The summed E-state index contributed by atoms with van der Waals surface area (Å²) >= 11 is 0. The quantitative estimate of drug-likeness (QED) is 0.623. The zero-order chi connectivity index (χ0) is 11.3. The summed E-state index contributed by atoms with van der Waals surface area (Å²) in [6.45, 7) is 2.68. The summed E-state index contributed by atoms with van der Waals surface area (Å²) < 4.78 is 0. The maximum absolute atomic E-state index is 11.4. The third-order valence-corrected chi connectivity index (χ3v) is 2.00. The van der Waals surface area contributed by atoms with Gasteiger partial charge in [-0.05, 0) is 21.0 Å². The van der Waals surface area contributed by atoms with Gasteiger partial charge in [-0.1, -0.05) is 0 Å². The molecule has 0 fully saturated rings. The number of hydrogen-bond acceptors (Lipinski definition) is 3. The van der Waals surface area contributed by atoms with Crippen molar-refractivity contribution >= 4 is 11.9 Å². The fourth-order valence-electron chi connectivity index (χ4n) is 0.896. The van der Waals surface area contributed by atoms with Crippen LogP contribution >= 0.6 is 0 Å². The van der Waals surface area contributed by atoms with Gasteiger partial charge >= 0.3 is 5.97 Å². The lowest BCUT2D eigenvalue weighted by Gasteiger charge is -2.21. The zero-order valence-corrected chi connectivity index (χ0v) is 9.15. The molecule has 0 bridgehead atoms. The van der Waals surface area contributed by atoms with Crippen LogP contribution < -0.4 is 0 Å². The molecule has 0 aromatic carbocycles. The van der Waals surface area contributed by atoms with Gasteiger partial charge in [-0.2, -0.15) is 0 Å².